The molecule has 31 heavy (non-hydrogen) atoms. The van der Waals surface area contributed by atoms with E-state index in [2.05, 4.69) is 10.6 Å². The van der Waals surface area contributed by atoms with Crippen LogP contribution in [0.2, 0.25) is 5.02 Å². The van der Waals surface area contributed by atoms with Gasteiger partial charge in [-0.25, -0.2) is 0 Å². The highest BCUT2D eigenvalue weighted by molar-refractivity contribution is 7.12. The molecule has 0 aliphatic carbocycles. The second-order valence-electron chi connectivity index (χ2n) is 7.09. The molecule has 1 atom stereocenters. The van der Waals surface area contributed by atoms with Gasteiger partial charge in [0.05, 0.1) is 28.7 Å². The molecule has 0 unspecified atom stereocenters. The summed E-state index contributed by atoms with van der Waals surface area (Å²) in [6.45, 7) is 0.401. The first kappa shape index (κ1) is 22.8. The summed E-state index contributed by atoms with van der Waals surface area (Å²) in [5.74, 6) is 0.248. The number of likely N-dealkylation sites (N-methyl/N-ethyl adjacent to an activating group) is 1. The van der Waals surface area contributed by atoms with E-state index in [1.807, 2.05) is 48.6 Å². The van der Waals surface area contributed by atoms with Crippen molar-refractivity contribution in [3.63, 3.8) is 0 Å². The molecule has 2 amide bonds. The molecule has 8 heteroatoms. The van der Waals surface area contributed by atoms with Gasteiger partial charge in [-0.3, -0.25) is 9.59 Å². The fourth-order valence-electron chi connectivity index (χ4n) is 3.09. The van der Waals surface area contributed by atoms with Crippen LogP contribution in [0, 0.1) is 0 Å². The molecule has 2 aromatic carbocycles. The zero-order valence-electron chi connectivity index (χ0n) is 17.5. The van der Waals surface area contributed by atoms with Crippen LogP contribution in [0.3, 0.4) is 0 Å². The second-order valence-corrected chi connectivity index (χ2v) is 8.45. The third-order valence-electron chi connectivity index (χ3n) is 4.78. The number of benzene rings is 2. The molecule has 0 aliphatic rings. The summed E-state index contributed by atoms with van der Waals surface area (Å²) in [6.07, 6.45) is 0. The second kappa shape index (κ2) is 10.4. The number of nitrogens with zero attached hydrogens (tertiary/aromatic N) is 1. The van der Waals surface area contributed by atoms with Crippen molar-refractivity contribution in [2.24, 2.45) is 0 Å². The number of rotatable bonds is 8. The SMILES string of the molecule is COc1cccc([C@@H](CNC(=O)c2ccc(Cl)c(NC(=O)c3cccs3)c2)N(C)C)c1. The standard InChI is InChI=1S/C23H24ClN3O3S/c1-27(2)20(15-6-4-7-17(12-15)30-3)14-25-22(28)16-9-10-18(24)19(13-16)26-23(29)21-8-5-11-31-21/h4-13,20H,14H2,1-3H3,(H,25,28)(H,26,29)/t20-/m1/s1. The van der Waals surface area contributed by atoms with E-state index in [9.17, 15) is 9.59 Å². The Morgan fingerprint density at radius 3 is 2.58 bits per heavy atom. The van der Waals surface area contributed by atoms with Gasteiger partial charge in [0.2, 0.25) is 0 Å². The van der Waals surface area contributed by atoms with Crippen molar-refractivity contribution < 1.29 is 14.3 Å². The van der Waals surface area contributed by atoms with Crippen molar-refractivity contribution in [2.45, 2.75) is 6.04 Å². The Labute approximate surface area is 190 Å². The van der Waals surface area contributed by atoms with Crippen LogP contribution >= 0.6 is 22.9 Å². The van der Waals surface area contributed by atoms with Gasteiger partial charge in [0.25, 0.3) is 11.8 Å². The van der Waals surface area contributed by atoms with Crippen LogP contribution in [-0.2, 0) is 0 Å². The molecule has 0 fully saturated rings. The van der Waals surface area contributed by atoms with Gasteiger partial charge in [-0.15, -0.1) is 11.3 Å². The molecule has 6 nitrogen and oxygen atoms in total. The quantitative estimate of drug-likeness (QED) is 0.514. The van der Waals surface area contributed by atoms with E-state index in [0.717, 1.165) is 11.3 Å². The van der Waals surface area contributed by atoms with E-state index < -0.39 is 0 Å². The third kappa shape index (κ3) is 5.85. The summed E-state index contributed by atoms with van der Waals surface area (Å²) in [5, 5.41) is 7.92. The van der Waals surface area contributed by atoms with Crippen molar-refractivity contribution in [3.05, 3.63) is 81.0 Å². The number of hydrogen-bond acceptors (Lipinski definition) is 5. The number of methoxy groups -OCH3 is 1. The predicted molar refractivity (Wildman–Crippen MR) is 125 cm³/mol. The smallest absolute Gasteiger partial charge is 0.265 e. The van der Waals surface area contributed by atoms with Crippen LogP contribution in [0.4, 0.5) is 5.69 Å². The Balaban J connectivity index is 1.71. The summed E-state index contributed by atoms with van der Waals surface area (Å²) in [6, 6.07) is 16.1. The van der Waals surface area contributed by atoms with Crippen molar-refractivity contribution in [1.29, 1.82) is 0 Å². The Morgan fingerprint density at radius 1 is 1.10 bits per heavy atom. The van der Waals surface area contributed by atoms with Gasteiger partial charge in [-0.05, 0) is 61.4 Å². The molecule has 0 bridgehead atoms. The fourth-order valence-corrected chi connectivity index (χ4v) is 3.88. The molecule has 1 heterocycles. The number of carbonyl (C=O) groups is 2. The maximum Gasteiger partial charge on any atom is 0.265 e. The van der Waals surface area contributed by atoms with Gasteiger partial charge < -0.3 is 20.3 Å². The molecular formula is C23H24ClN3O3S. The number of anilines is 1. The molecule has 3 aromatic rings. The van der Waals surface area contributed by atoms with Gasteiger partial charge in [-0.2, -0.15) is 0 Å². The van der Waals surface area contributed by atoms with Gasteiger partial charge in [0.15, 0.2) is 0 Å². The van der Waals surface area contributed by atoms with Crippen molar-refractivity contribution in [1.82, 2.24) is 10.2 Å². The minimum Gasteiger partial charge on any atom is -0.497 e. The first-order valence-corrected chi connectivity index (χ1v) is 10.9. The highest BCUT2D eigenvalue weighted by atomic mass is 35.5. The summed E-state index contributed by atoms with van der Waals surface area (Å²) >= 11 is 7.56. The monoisotopic (exact) mass is 457 g/mol. The molecule has 0 radical (unpaired) electrons. The molecule has 2 N–H and O–H groups in total. The zero-order valence-corrected chi connectivity index (χ0v) is 19.1. The number of carbonyl (C=O) groups excluding carboxylic acids is 2. The third-order valence-corrected chi connectivity index (χ3v) is 5.98. The van der Waals surface area contributed by atoms with Crippen molar-refractivity contribution >= 4 is 40.4 Å². The fraction of sp³-hybridized carbons (Fsp3) is 0.217. The van der Waals surface area contributed by atoms with Crippen LogP contribution in [0.15, 0.2) is 60.0 Å². The van der Waals surface area contributed by atoms with Gasteiger partial charge >= 0.3 is 0 Å². The number of nitrogens with one attached hydrogen (secondary N) is 2. The predicted octanol–water partition coefficient (Wildman–Crippen LogP) is 4.70. The molecule has 162 valence electrons. The topological polar surface area (TPSA) is 70.7 Å². The average Bonchev–Trinajstić information content (AvgIpc) is 3.30. The largest absolute Gasteiger partial charge is 0.497 e. The van der Waals surface area contributed by atoms with Crippen LogP contribution in [0.1, 0.15) is 31.6 Å². The number of hydrogen-bond donors (Lipinski definition) is 2. The Hall–Kier alpha value is -2.87. The Bertz CT molecular complexity index is 1050. The summed E-state index contributed by atoms with van der Waals surface area (Å²) < 4.78 is 5.31. The normalized spacial score (nSPS) is 11.8. The molecular weight excluding hydrogens is 434 g/mol. The average molecular weight is 458 g/mol. The Kier molecular flexibility index (Phi) is 7.68. The molecule has 0 aliphatic heterocycles. The molecule has 0 saturated carbocycles. The lowest BCUT2D eigenvalue weighted by molar-refractivity contribution is 0.0940. The van der Waals surface area contributed by atoms with E-state index in [1.54, 1.807) is 37.4 Å². The van der Waals surface area contributed by atoms with E-state index in [0.29, 0.717) is 27.7 Å². The number of amides is 2. The van der Waals surface area contributed by atoms with Gasteiger partial charge in [-0.1, -0.05) is 29.8 Å². The van der Waals surface area contributed by atoms with E-state index in [-0.39, 0.29) is 17.9 Å². The first-order valence-electron chi connectivity index (χ1n) is 9.62. The zero-order chi connectivity index (χ0) is 22.4. The van der Waals surface area contributed by atoms with E-state index in [1.165, 1.54) is 11.3 Å². The van der Waals surface area contributed by atoms with Crippen molar-refractivity contribution in [2.75, 3.05) is 33.1 Å². The molecule has 1 aromatic heterocycles. The highest BCUT2D eigenvalue weighted by Crippen LogP contribution is 2.25. The summed E-state index contributed by atoms with van der Waals surface area (Å²) in [4.78, 5) is 27.7. The number of thiophene rings is 1. The number of ether oxygens (including phenoxy) is 1. The van der Waals surface area contributed by atoms with E-state index >= 15 is 0 Å². The summed E-state index contributed by atoms with van der Waals surface area (Å²) in [7, 11) is 5.54. The van der Waals surface area contributed by atoms with Gasteiger partial charge in [0.1, 0.15) is 5.75 Å². The maximum absolute atomic E-state index is 12.8. The van der Waals surface area contributed by atoms with Crippen LogP contribution in [0.25, 0.3) is 0 Å². The lowest BCUT2D eigenvalue weighted by Gasteiger charge is -2.25. The van der Waals surface area contributed by atoms with E-state index in [4.69, 9.17) is 16.3 Å². The number of halogens is 1. The lowest BCUT2D eigenvalue weighted by Crippen LogP contribution is -2.34. The highest BCUT2D eigenvalue weighted by Gasteiger charge is 2.18. The van der Waals surface area contributed by atoms with Crippen LogP contribution in [-0.4, -0.2) is 44.5 Å². The van der Waals surface area contributed by atoms with Crippen LogP contribution < -0.4 is 15.4 Å². The van der Waals surface area contributed by atoms with Crippen LogP contribution in [0.5, 0.6) is 5.75 Å². The summed E-state index contributed by atoms with van der Waals surface area (Å²) in [5.41, 5.74) is 1.84. The first-order chi connectivity index (χ1) is 14.9. The molecule has 0 saturated heterocycles. The maximum atomic E-state index is 12.8. The minimum atomic E-state index is -0.264. The Morgan fingerprint density at radius 2 is 1.90 bits per heavy atom. The lowest BCUT2D eigenvalue weighted by atomic mass is 10.1. The molecule has 0 spiro atoms. The van der Waals surface area contributed by atoms with Crippen molar-refractivity contribution in [3.8, 4) is 5.75 Å². The molecule has 3 rings (SSSR count). The minimum absolute atomic E-state index is 0.0376. The van der Waals surface area contributed by atoms with Gasteiger partial charge in [0, 0.05) is 12.1 Å².